The molecule has 0 saturated heterocycles. The summed E-state index contributed by atoms with van der Waals surface area (Å²) in [5, 5.41) is 9.51. The van der Waals surface area contributed by atoms with Crippen LogP contribution in [-0.4, -0.2) is 32.9 Å². The van der Waals surface area contributed by atoms with E-state index in [0.29, 0.717) is 24.1 Å². The Bertz CT molecular complexity index is 1140. The molecule has 4 aromatic rings. The van der Waals surface area contributed by atoms with Crippen LogP contribution in [0.15, 0.2) is 54.9 Å². The van der Waals surface area contributed by atoms with Crippen LogP contribution in [0, 0.1) is 0 Å². The van der Waals surface area contributed by atoms with E-state index in [2.05, 4.69) is 45.5 Å². The van der Waals surface area contributed by atoms with Gasteiger partial charge in [0.2, 0.25) is 5.88 Å². The van der Waals surface area contributed by atoms with E-state index in [4.69, 9.17) is 16.3 Å². The molecule has 0 amide bonds. The maximum atomic E-state index is 5.97. The summed E-state index contributed by atoms with van der Waals surface area (Å²) < 4.78 is 7.64. The minimum Gasteiger partial charge on any atom is -0.475 e. The number of benzene rings is 2. The average Bonchev–Trinajstić information content (AvgIpc) is 3.12. The first-order valence-corrected chi connectivity index (χ1v) is 10.4. The van der Waals surface area contributed by atoms with Crippen molar-refractivity contribution < 1.29 is 4.74 Å². The molecule has 0 saturated carbocycles. The standard InChI is InChI=1S/C23H24ClN5O/c1-3-4-16-5-10-19-20(13-16)26-15-27-23(19)25-11-12-30-22-14-21(29(2)28-22)17-6-8-18(24)9-7-17/h5-10,13-15H,3-4,11-12H2,1-2H3,(H,25,26,27). The van der Waals surface area contributed by atoms with E-state index in [1.807, 2.05) is 37.4 Å². The van der Waals surface area contributed by atoms with E-state index >= 15 is 0 Å². The van der Waals surface area contributed by atoms with Crippen molar-refractivity contribution in [2.75, 3.05) is 18.5 Å². The van der Waals surface area contributed by atoms with Crippen molar-refractivity contribution in [3.8, 4) is 17.1 Å². The molecule has 0 bridgehead atoms. The molecule has 0 unspecified atom stereocenters. The molecule has 0 spiro atoms. The molecule has 7 heteroatoms. The van der Waals surface area contributed by atoms with Gasteiger partial charge in [-0.2, -0.15) is 0 Å². The largest absolute Gasteiger partial charge is 0.475 e. The van der Waals surface area contributed by atoms with Crippen molar-refractivity contribution in [2.24, 2.45) is 7.05 Å². The molecule has 1 N–H and O–H groups in total. The SMILES string of the molecule is CCCc1ccc2c(NCCOc3cc(-c4ccc(Cl)cc4)n(C)n3)ncnc2c1. The topological polar surface area (TPSA) is 64.9 Å². The number of anilines is 1. The average molecular weight is 422 g/mol. The third-order valence-corrected chi connectivity index (χ3v) is 5.13. The number of aryl methyl sites for hydroxylation is 2. The first-order valence-electron chi connectivity index (χ1n) is 10.0. The van der Waals surface area contributed by atoms with Crippen LogP contribution in [0.4, 0.5) is 5.82 Å². The quantitative estimate of drug-likeness (QED) is 0.399. The molecule has 0 aliphatic carbocycles. The fraction of sp³-hybridized carbons (Fsp3) is 0.261. The number of halogens is 1. The highest BCUT2D eigenvalue weighted by Gasteiger charge is 2.09. The van der Waals surface area contributed by atoms with Crippen molar-refractivity contribution in [1.29, 1.82) is 0 Å². The smallest absolute Gasteiger partial charge is 0.233 e. The zero-order valence-electron chi connectivity index (χ0n) is 17.1. The van der Waals surface area contributed by atoms with E-state index < -0.39 is 0 Å². The Morgan fingerprint density at radius 2 is 1.90 bits per heavy atom. The Morgan fingerprint density at radius 3 is 2.70 bits per heavy atom. The predicted octanol–water partition coefficient (Wildman–Crippen LogP) is 5.13. The highest BCUT2D eigenvalue weighted by atomic mass is 35.5. The Morgan fingerprint density at radius 1 is 1.07 bits per heavy atom. The summed E-state index contributed by atoms with van der Waals surface area (Å²) in [7, 11) is 1.90. The summed E-state index contributed by atoms with van der Waals surface area (Å²) in [6.45, 7) is 3.25. The molecular weight excluding hydrogens is 398 g/mol. The molecule has 6 nitrogen and oxygen atoms in total. The molecule has 2 heterocycles. The zero-order chi connectivity index (χ0) is 20.9. The Balaban J connectivity index is 1.37. The lowest BCUT2D eigenvalue weighted by Gasteiger charge is -2.09. The normalized spacial score (nSPS) is 11.0. The summed E-state index contributed by atoms with van der Waals surface area (Å²) in [6.07, 6.45) is 3.77. The van der Waals surface area contributed by atoms with Gasteiger partial charge in [0.15, 0.2) is 0 Å². The van der Waals surface area contributed by atoms with Gasteiger partial charge in [0, 0.05) is 29.1 Å². The fourth-order valence-electron chi connectivity index (χ4n) is 3.42. The molecule has 0 radical (unpaired) electrons. The highest BCUT2D eigenvalue weighted by Crippen LogP contribution is 2.25. The van der Waals surface area contributed by atoms with E-state index in [-0.39, 0.29) is 0 Å². The van der Waals surface area contributed by atoms with Gasteiger partial charge in [-0.1, -0.05) is 43.1 Å². The van der Waals surface area contributed by atoms with Crippen molar-refractivity contribution in [2.45, 2.75) is 19.8 Å². The zero-order valence-corrected chi connectivity index (χ0v) is 17.9. The van der Waals surface area contributed by atoms with Crippen LogP contribution in [-0.2, 0) is 13.5 Å². The number of hydrogen-bond acceptors (Lipinski definition) is 5. The van der Waals surface area contributed by atoms with Crippen LogP contribution in [0.25, 0.3) is 22.2 Å². The van der Waals surface area contributed by atoms with Crippen LogP contribution in [0.5, 0.6) is 5.88 Å². The van der Waals surface area contributed by atoms with Gasteiger partial charge in [-0.05, 0) is 36.2 Å². The molecular formula is C23H24ClN5O. The van der Waals surface area contributed by atoms with Crippen LogP contribution >= 0.6 is 11.6 Å². The first-order chi connectivity index (χ1) is 14.6. The summed E-state index contributed by atoms with van der Waals surface area (Å²) in [5.74, 6) is 1.40. The Hall–Kier alpha value is -3.12. The first kappa shape index (κ1) is 20.2. The molecule has 0 aliphatic heterocycles. The monoisotopic (exact) mass is 421 g/mol. The van der Waals surface area contributed by atoms with E-state index in [9.17, 15) is 0 Å². The van der Waals surface area contributed by atoms with Crippen LogP contribution in [0.3, 0.4) is 0 Å². The number of hydrogen-bond donors (Lipinski definition) is 1. The van der Waals surface area contributed by atoms with Crippen LogP contribution in [0.2, 0.25) is 5.02 Å². The van der Waals surface area contributed by atoms with Gasteiger partial charge in [-0.3, -0.25) is 4.68 Å². The highest BCUT2D eigenvalue weighted by molar-refractivity contribution is 6.30. The molecule has 0 fully saturated rings. The Kier molecular flexibility index (Phi) is 6.14. The maximum absolute atomic E-state index is 5.97. The number of nitrogens with one attached hydrogen (secondary N) is 1. The predicted molar refractivity (Wildman–Crippen MR) is 121 cm³/mol. The lowest BCUT2D eigenvalue weighted by Crippen LogP contribution is -2.13. The molecule has 0 atom stereocenters. The molecule has 2 aromatic heterocycles. The minimum absolute atomic E-state index is 0.469. The summed E-state index contributed by atoms with van der Waals surface area (Å²) in [4.78, 5) is 8.79. The van der Waals surface area contributed by atoms with Gasteiger partial charge in [0.25, 0.3) is 0 Å². The lowest BCUT2D eigenvalue weighted by atomic mass is 10.1. The van der Waals surface area contributed by atoms with Crippen molar-refractivity contribution >= 4 is 28.3 Å². The second kappa shape index (κ2) is 9.13. The van der Waals surface area contributed by atoms with E-state index in [1.165, 1.54) is 5.56 Å². The number of rotatable bonds is 8. The molecule has 154 valence electrons. The van der Waals surface area contributed by atoms with Gasteiger partial charge in [0.05, 0.1) is 17.8 Å². The van der Waals surface area contributed by atoms with Gasteiger partial charge >= 0.3 is 0 Å². The van der Waals surface area contributed by atoms with Crippen molar-refractivity contribution in [3.63, 3.8) is 0 Å². The lowest BCUT2D eigenvalue weighted by molar-refractivity contribution is 0.316. The molecule has 30 heavy (non-hydrogen) atoms. The number of fused-ring (bicyclic) bond motifs is 1. The minimum atomic E-state index is 0.469. The fourth-order valence-corrected chi connectivity index (χ4v) is 3.54. The van der Waals surface area contributed by atoms with Crippen LogP contribution < -0.4 is 10.1 Å². The maximum Gasteiger partial charge on any atom is 0.233 e. The van der Waals surface area contributed by atoms with Crippen molar-refractivity contribution in [1.82, 2.24) is 19.7 Å². The van der Waals surface area contributed by atoms with E-state index in [0.717, 1.165) is 40.8 Å². The Labute approximate surface area is 180 Å². The van der Waals surface area contributed by atoms with Gasteiger partial charge < -0.3 is 10.1 Å². The van der Waals surface area contributed by atoms with Crippen LogP contribution in [0.1, 0.15) is 18.9 Å². The molecule has 4 rings (SSSR count). The third-order valence-electron chi connectivity index (χ3n) is 4.88. The number of ether oxygens (including phenoxy) is 1. The van der Waals surface area contributed by atoms with Crippen molar-refractivity contribution in [3.05, 3.63) is 65.4 Å². The summed E-state index contributed by atoms with van der Waals surface area (Å²) in [5.41, 5.74) is 4.26. The van der Waals surface area contributed by atoms with Gasteiger partial charge in [0.1, 0.15) is 18.8 Å². The van der Waals surface area contributed by atoms with Gasteiger partial charge in [-0.15, -0.1) is 5.10 Å². The second-order valence-electron chi connectivity index (χ2n) is 7.10. The number of nitrogens with zero attached hydrogens (tertiary/aromatic N) is 4. The molecule has 2 aromatic carbocycles. The van der Waals surface area contributed by atoms with E-state index in [1.54, 1.807) is 11.0 Å². The summed E-state index contributed by atoms with van der Waals surface area (Å²) >= 11 is 5.97. The van der Waals surface area contributed by atoms with Gasteiger partial charge in [-0.25, -0.2) is 9.97 Å². The third kappa shape index (κ3) is 4.54. The molecule has 0 aliphatic rings. The number of aromatic nitrogens is 4. The summed E-state index contributed by atoms with van der Waals surface area (Å²) in [6, 6.07) is 16.0. The second-order valence-corrected chi connectivity index (χ2v) is 7.53.